The van der Waals surface area contributed by atoms with Crippen LogP contribution in [0.15, 0.2) is 41.5 Å². The number of aromatic nitrogens is 2. The van der Waals surface area contributed by atoms with E-state index in [1.165, 1.54) is 25.0 Å². The number of carbonyl (C=O) groups is 1. The number of piperidine rings is 1. The summed E-state index contributed by atoms with van der Waals surface area (Å²) in [4.78, 5) is 14.7. The monoisotopic (exact) mass is 325 g/mol. The summed E-state index contributed by atoms with van der Waals surface area (Å²) in [6.45, 7) is 1.57. The maximum atomic E-state index is 13.1. The van der Waals surface area contributed by atoms with E-state index in [-0.39, 0.29) is 11.7 Å². The van der Waals surface area contributed by atoms with Crippen molar-refractivity contribution < 1.29 is 9.18 Å². The number of allylic oxidation sites excluding steroid dienone is 1. The molecule has 1 saturated heterocycles. The average molecular weight is 325 g/mol. The first-order valence-corrected chi connectivity index (χ1v) is 8.41. The molecule has 2 heterocycles. The molecule has 1 amide bonds. The minimum absolute atomic E-state index is 0.0261. The molecule has 24 heavy (non-hydrogen) atoms. The van der Waals surface area contributed by atoms with Gasteiger partial charge in [-0.3, -0.25) is 9.48 Å². The van der Waals surface area contributed by atoms with Crippen LogP contribution in [0.1, 0.15) is 36.2 Å². The molecule has 5 heteroatoms. The van der Waals surface area contributed by atoms with Crippen molar-refractivity contribution in [3.05, 3.63) is 53.0 Å². The number of likely N-dealkylation sites (tertiary alicyclic amines) is 1. The standard InChI is InChI=1S/C19H20FN3O/c1-22-18(12-17(21-22)15-4-6-16(20)7-5-15)19(24)23-10-8-14(9-11-23)13-2-3-13/h4-7,12H,2-3,8-11H2,1H3. The Hall–Kier alpha value is -2.43. The molecule has 2 aliphatic rings. The maximum absolute atomic E-state index is 13.1. The molecule has 1 aliphatic heterocycles. The van der Waals surface area contributed by atoms with Gasteiger partial charge in [0.1, 0.15) is 11.5 Å². The summed E-state index contributed by atoms with van der Waals surface area (Å²) < 4.78 is 14.7. The first-order valence-electron chi connectivity index (χ1n) is 8.41. The van der Waals surface area contributed by atoms with Crippen LogP contribution in [0.4, 0.5) is 4.39 Å². The van der Waals surface area contributed by atoms with E-state index in [0.29, 0.717) is 11.4 Å². The predicted octanol–water partition coefficient (Wildman–Crippen LogP) is 3.55. The van der Waals surface area contributed by atoms with E-state index in [1.807, 2.05) is 4.90 Å². The topological polar surface area (TPSA) is 38.1 Å². The molecule has 4 rings (SSSR count). The van der Waals surface area contributed by atoms with Crippen LogP contribution in [0, 0.1) is 5.82 Å². The van der Waals surface area contributed by atoms with Crippen molar-refractivity contribution in [2.24, 2.45) is 7.05 Å². The maximum Gasteiger partial charge on any atom is 0.272 e. The van der Waals surface area contributed by atoms with Crippen LogP contribution in [0.25, 0.3) is 11.3 Å². The minimum atomic E-state index is -0.278. The van der Waals surface area contributed by atoms with E-state index in [0.717, 1.165) is 31.5 Å². The number of aryl methyl sites for hydroxylation is 1. The van der Waals surface area contributed by atoms with Crippen LogP contribution in [0.2, 0.25) is 0 Å². The van der Waals surface area contributed by atoms with Gasteiger partial charge in [0.25, 0.3) is 5.91 Å². The normalized spacial score (nSPS) is 17.3. The smallest absolute Gasteiger partial charge is 0.272 e. The van der Waals surface area contributed by atoms with Crippen LogP contribution in [0.3, 0.4) is 0 Å². The Morgan fingerprint density at radius 2 is 1.67 bits per heavy atom. The van der Waals surface area contributed by atoms with E-state index in [4.69, 9.17) is 0 Å². The summed E-state index contributed by atoms with van der Waals surface area (Å²) in [6.07, 6.45) is 4.52. The number of carbonyl (C=O) groups excluding carboxylic acids is 1. The third-order valence-corrected chi connectivity index (χ3v) is 4.89. The third kappa shape index (κ3) is 2.86. The number of rotatable bonds is 2. The summed E-state index contributed by atoms with van der Waals surface area (Å²) in [6, 6.07) is 7.97. The zero-order chi connectivity index (χ0) is 16.7. The number of amides is 1. The molecule has 0 unspecified atom stereocenters. The average Bonchev–Trinajstić information content (AvgIpc) is 3.38. The van der Waals surface area contributed by atoms with Crippen LogP contribution >= 0.6 is 0 Å². The number of hydrogen-bond acceptors (Lipinski definition) is 2. The molecule has 1 saturated carbocycles. The van der Waals surface area contributed by atoms with Crippen LogP contribution in [0.5, 0.6) is 0 Å². The van der Waals surface area contributed by atoms with Gasteiger partial charge in [0.05, 0.1) is 5.69 Å². The molecule has 1 aromatic heterocycles. The zero-order valence-corrected chi connectivity index (χ0v) is 13.8. The predicted molar refractivity (Wildman–Crippen MR) is 90.0 cm³/mol. The largest absolute Gasteiger partial charge is 0.337 e. The summed E-state index contributed by atoms with van der Waals surface area (Å²) in [5.74, 6) is -0.252. The van der Waals surface area contributed by atoms with Gasteiger partial charge >= 0.3 is 0 Å². The van der Waals surface area contributed by atoms with Gasteiger partial charge in [-0.05, 0) is 56.0 Å². The summed E-state index contributed by atoms with van der Waals surface area (Å²) >= 11 is 0. The molecule has 2 aromatic rings. The Balaban J connectivity index is 1.52. The number of hydrogen-bond donors (Lipinski definition) is 0. The molecular weight excluding hydrogens is 305 g/mol. The van der Waals surface area contributed by atoms with Crippen molar-refractivity contribution in [3.8, 4) is 11.3 Å². The molecule has 1 aliphatic carbocycles. The van der Waals surface area contributed by atoms with Gasteiger partial charge in [-0.15, -0.1) is 0 Å². The Kier molecular flexibility index (Phi) is 3.71. The molecule has 0 N–H and O–H groups in total. The summed E-state index contributed by atoms with van der Waals surface area (Å²) in [5, 5.41) is 4.42. The fourth-order valence-corrected chi connectivity index (χ4v) is 3.34. The lowest BCUT2D eigenvalue weighted by atomic mass is 10.0. The molecule has 0 radical (unpaired) electrons. The van der Waals surface area contributed by atoms with E-state index in [2.05, 4.69) is 5.10 Å². The Bertz CT molecular complexity index is 804. The molecule has 0 bridgehead atoms. The minimum Gasteiger partial charge on any atom is -0.337 e. The second kappa shape index (κ2) is 5.89. The fourth-order valence-electron chi connectivity index (χ4n) is 3.34. The van der Waals surface area contributed by atoms with Gasteiger partial charge in [-0.25, -0.2) is 4.39 Å². The highest BCUT2D eigenvalue weighted by molar-refractivity contribution is 5.93. The second-order valence-electron chi connectivity index (χ2n) is 6.54. The van der Waals surface area contributed by atoms with Gasteiger partial charge in [0, 0.05) is 25.7 Å². The molecule has 0 spiro atoms. The highest BCUT2D eigenvalue weighted by Gasteiger charge is 2.26. The molecule has 2 fully saturated rings. The Labute approximate surface area is 140 Å². The molecule has 124 valence electrons. The second-order valence-corrected chi connectivity index (χ2v) is 6.54. The van der Waals surface area contributed by atoms with Crippen molar-refractivity contribution >= 4 is 5.91 Å². The molecule has 1 aromatic carbocycles. The van der Waals surface area contributed by atoms with Crippen molar-refractivity contribution in [2.75, 3.05) is 13.1 Å². The van der Waals surface area contributed by atoms with Gasteiger partial charge < -0.3 is 4.90 Å². The van der Waals surface area contributed by atoms with Crippen LogP contribution < -0.4 is 0 Å². The SMILES string of the molecule is Cn1nc(-c2ccc(F)cc2)cc1C(=O)N1CCC(=C2CC2)CC1. The third-order valence-electron chi connectivity index (χ3n) is 4.89. The van der Waals surface area contributed by atoms with Gasteiger partial charge in [-0.2, -0.15) is 5.10 Å². The van der Waals surface area contributed by atoms with E-state index >= 15 is 0 Å². The Morgan fingerprint density at radius 3 is 2.29 bits per heavy atom. The number of halogens is 1. The summed E-state index contributed by atoms with van der Waals surface area (Å²) in [5.41, 5.74) is 5.26. The Morgan fingerprint density at radius 1 is 1.04 bits per heavy atom. The first-order chi connectivity index (χ1) is 11.6. The molecular formula is C19H20FN3O. The van der Waals surface area contributed by atoms with Gasteiger partial charge in [0.2, 0.25) is 0 Å². The van der Waals surface area contributed by atoms with Crippen molar-refractivity contribution in [2.45, 2.75) is 25.7 Å². The van der Waals surface area contributed by atoms with Crippen LogP contribution in [-0.4, -0.2) is 33.7 Å². The highest BCUT2D eigenvalue weighted by atomic mass is 19.1. The number of nitrogens with zero attached hydrogens (tertiary/aromatic N) is 3. The lowest BCUT2D eigenvalue weighted by Crippen LogP contribution is -2.37. The van der Waals surface area contributed by atoms with Crippen molar-refractivity contribution in [1.82, 2.24) is 14.7 Å². The fraction of sp³-hybridized carbons (Fsp3) is 0.368. The van der Waals surface area contributed by atoms with Crippen molar-refractivity contribution in [1.29, 1.82) is 0 Å². The molecule has 0 atom stereocenters. The van der Waals surface area contributed by atoms with E-state index in [1.54, 1.807) is 41.1 Å². The molecule has 4 nitrogen and oxygen atoms in total. The summed E-state index contributed by atoms with van der Waals surface area (Å²) in [7, 11) is 1.78. The van der Waals surface area contributed by atoms with Gasteiger partial charge in [-0.1, -0.05) is 11.1 Å². The zero-order valence-electron chi connectivity index (χ0n) is 13.8. The van der Waals surface area contributed by atoms with E-state index < -0.39 is 0 Å². The number of benzene rings is 1. The first kappa shape index (κ1) is 15.1. The lowest BCUT2D eigenvalue weighted by molar-refractivity contribution is 0.0732. The highest BCUT2D eigenvalue weighted by Crippen LogP contribution is 2.36. The lowest BCUT2D eigenvalue weighted by Gasteiger charge is -2.28. The van der Waals surface area contributed by atoms with Crippen LogP contribution in [-0.2, 0) is 7.05 Å². The van der Waals surface area contributed by atoms with Gasteiger partial charge in [0.15, 0.2) is 0 Å². The quantitative estimate of drug-likeness (QED) is 0.792. The van der Waals surface area contributed by atoms with Crippen molar-refractivity contribution in [3.63, 3.8) is 0 Å². The van der Waals surface area contributed by atoms with E-state index in [9.17, 15) is 9.18 Å².